The number of sulfonamides is 1. The van der Waals surface area contributed by atoms with Crippen LogP contribution in [0.4, 0.5) is 0 Å². The molecular weight excluding hydrogens is 358 g/mol. The van der Waals surface area contributed by atoms with E-state index in [1.807, 2.05) is 0 Å². The first-order chi connectivity index (χ1) is 10.9. The fourth-order valence-corrected chi connectivity index (χ4v) is 6.15. The first-order valence-electron chi connectivity index (χ1n) is 7.61. The fraction of sp³-hybridized carbons (Fsp3) is 0.643. The van der Waals surface area contributed by atoms with Gasteiger partial charge >= 0.3 is 0 Å². The lowest BCUT2D eigenvalue weighted by molar-refractivity contribution is -0.121. The molecule has 0 saturated carbocycles. The normalized spacial score (nSPS) is 19.7. The monoisotopic (exact) mass is 379 g/mol. The molecule has 130 valence electrons. The minimum absolute atomic E-state index is 0.148. The van der Waals surface area contributed by atoms with E-state index in [0.29, 0.717) is 17.4 Å². The molecular formula is C14H22ClN3O3S2. The summed E-state index contributed by atoms with van der Waals surface area (Å²) in [5.41, 5.74) is 6.11. The predicted molar refractivity (Wildman–Crippen MR) is 92.3 cm³/mol. The topological polar surface area (TPSA) is 92.5 Å². The van der Waals surface area contributed by atoms with Crippen LogP contribution in [0.25, 0.3) is 0 Å². The van der Waals surface area contributed by atoms with Gasteiger partial charge in [0.15, 0.2) is 0 Å². The molecule has 1 amide bonds. The molecule has 0 radical (unpaired) electrons. The van der Waals surface area contributed by atoms with Gasteiger partial charge in [0.25, 0.3) is 10.0 Å². The lowest BCUT2D eigenvalue weighted by Gasteiger charge is -2.34. The number of carbonyl (C=O) groups excluding carboxylic acids is 1. The van der Waals surface area contributed by atoms with Crippen molar-refractivity contribution in [2.75, 3.05) is 19.6 Å². The van der Waals surface area contributed by atoms with Crippen LogP contribution in [0.5, 0.6) is 0 Å². The van der Waals surface area contributed by atoms with E-state index in [-0.39, 0.29) is 29.1 Å². The van der Waals surface area contributed by atoms with Crippen LogP contribution in [-0.2, 0) is 14.8 Å². The minimum Gasteiger partial charge on any atom is -0.354 e. The van der Waals surface area contributed by atoms with Crippen LogP contribution in [0.15, 0.2) is 10.3 Å². The van der Waals surface area contributed by atoms with Gasteiger partial charge in [-0.3, -0.25) is 4.79 Å². The molecule has 1 fully saturated rings. The van der Waals surface area contributed by atoms with Crippen molar-refractivity contribution in [2.24, 2.45) is 5.73 Å². The number of carbonyl (C=O) groups is 1. The zero-order valence-corrected chi connectivity index (χ0v) is 15.4. The largest absolute Gasteiger partial charge is 0.354 e. The summed E-state index contributed by atoms with van der Waals surface area (Å²) in [6.45, 7) is 2.86. The Labute approximate surface area is 146 Å². The molecule has 3 N–H and O–H groups in total. The summed E-state index contributed by atoms with van der Waals surface area (Å²) in [4.78, 5) is 11.6. The molecule has 1 aliphatic heterocycles. The van der Waals surface area contributed by atoms with Crippen LogP contribution in [0, 0.1) is 6.92 Å². The highest BCUT2D eigenvalue weighted by molar-refractivity contribution is 7.91. The lowest BCUT2D eigenvalue weighted by Crippen LogP contribution is -2.49. The number of hydrogen-bond acceptors (Lipinski definition) is 5. The molecule has 0 aromatic carbocycles. The molecule has 23 heavy (non-hydrogen) atoms. The molecule has 1 aliphatic rings. The van der Waals surface area contributed by atoms with Gasteiger partial charge in [-0.15, -0.1) is 11.3 Å². The van der Waals surface area contributed by atoms with Crippen molar-refractivity contribution >= 4 is 38.9 Å². The Morgan fingerprint density at radius 1 is 1.52 bits per heavy atom. The summed E-state index contributed by atoms with van der Waals surface area (Å²) in [6.07, 6.45) is 2.76. The Morgan fingerprint density at radius 2 is 2.26 bits per heavy atom. The maximum absolute atomic E-state index is 12.9. The summed E-state index contributed by atoms with van der Waals surface area (Å²) in [6, 6.07) is 1.39. The van der Waals surface area contributed by atoms with E-state index in [4.69, 9.17) is 17.3 Å². The van der Waals surface area contributed by atoms with Crippen LogP contribution in [0.2, 0.25) is 4.34 Å². The number of nitrogens with one attached hydrogen (secondary N) is 1. The van der Waals surface area contributed by atoms with Crippen molar-refractivity contribution < 1.29 is 13.2 Å². The summed E-state index contributed by atoms with van der Waals surface area (Å²) < 4.78 is 28.0. The van der Waals surface area contributed by atoms with Gasteiger partial charge in [0, 0.05) is 32.1 Å². The molecule has 0 spiro atoms. The third-order valence-corrected chi connectivity index (χ3v) is 7.83. The molecule has 9 heteroatoms. The van der Waals surface area contributed by atoms with Gasteiger partial charge in [-0.2, -0.15) is 4.31 Å². The number of halogens is 1. The van der Waals surface area contributed by atoms with Crippen molar-refractivity contribution in [1.82, 2.24) is 9.62 Å². The number of hydrogen-bond donors (Lipinski definition) is 2. The van der Waals surface area contributed by atoms with E-state index in [2.05, 4.69) is 5.32 Å². The second kappa shape index (κ2) is 7.94. The van der Waals surface area contributed by atoms with E-state index < -0.39 is 10.0 Å². The third-order valence-electron chi connectivity index (χ3n) is 3.88. The zero-order valence-electron chi connectivity index (χ0n) is 13.0. The highest BCUT2D eigenvalue weighted by atomic mass is 35.5. The van der Waals surface area contributed by atoms with Crippen LogP contribution in [-0.4, -0.2) is 44.3 Å². The van der Waals surface area contributed by atoms with Crippen LogP contribution < -0.4 is 11.1 Å². The minimum atomic E-state index is -3.58. The Morgan fingerprint density at radius 3 is 2.87 bits per heavy atom. The number of nitrogens with zero attached hydrogens (tertiary/aromatic N) is 1. The molecule has 0 bridgehead atoms. The Balaban J connectivity index is 2.15. The predicted octanol–water partition coefficient (Wildman–Crippen LogP) is 1.72. The summed E-state index contributed by atoms with van der Waals surface area (Å²) in [5, 5.41) is 2.78. The van der Waals surface area contributed by atoms with Crippen molar-refractivity contribution in [2.45, 2.75) is 42.9 Å². The number of rotatable bonds is 6. The van der Waals surface area contributed by atoms with Gasteiger partial charge in [0.1, 0.15) is 4.21 Å². The van der Waals surface area contributed by atoms with Crippen molar-refractivity contribution in [3.05, 3.63) is 16.0 Å². The highest BCUT2D eigenvalue weighted by Crippen LogP contribution is 2.34. The van der Waals surface area contributed by atoms with E-state index in [0.717, 1.165) is 36.2 Å². The first kappa shape index (κ1) is 18.7. The SMILES string of the molecule is Cc1cc(S(=O)(=O)N2CCCCC2CNC(=O)CCN)sc1Cl. The molecule has 2 heterocycles. The molecule has 0 aliphatic carbocycles. The molecule has 1 aromatic heterocycles. The maximum atomic E-state index is 12.9. The van der Waals surface area contributed by atoms with Gasteiger partial charge in [0.2, 0.25) is 5.91 Å². The first-order valence-corrected chi connectivity index (χ1v) is 10.2. The van der Waals surface area contributed by atoms with Crippen LogP contribution in [0.3, 0.4) is 0 Å². The molecule has 1 unspecified atom stereocenters. The highest BCUT2D eigenvalue weighted by Gasteiger charge is 2.34. The average molecular weight is 380 g/mol. The van der Waals surface area contributed by atoms with Crippen molar-refractivity contribution in [1.29, 1.82) is 0 Å². The van der Waals surface area contributed by atoms with E-state index in [1.165, 1.54) is 4.31 Å². The van der Waals surface area contributed by atoms with E-state index in [9.17, 15) is 13.2 Å². The quantitative estimate of drug-likeness (QED) is 0.787. The number of amides is 1. The molecule has 2 rings (SSSR count). The summed E-state index contributed by atoms with van der Waals surface area (Å²) >= 11 is 7.10. The van der Waals surface area contributed by atoms with E-state index in [1.54, 1.807) is 13.0 Å². The standard InChI is InChI=1S/C14H22ClN3O3S2/c1-10-8-13(22-14(10)15)23(20,21)18-7-3-2-4-11(18)9-17-12(19)5-6-16/h8,11H,2-7,9,16H2,1H3,(H,17,19). The zero-order chi connectivity index (χ0) is 17.0. The van der Waals surface area contributed by atoms with Crippen LogP contribution >= 0.6 is 22.9 Å². The van der Waals surface area contributed by atoms with Crippen molar-refractivity contribution in [3.63, 3.8) is 0 Å². The lowest BCUT2D eigenvalue weighted by atomic mass is 10.1. The summed E-state index contributed by atoms with van der Waals surface area (Å²) in [7, 11) is -3.58. The van der Waals surface area contributed by atoms with Crippen molar-refractivity contribution in [3.8, 4) is 0 Å². The Hall–Kier alpha value is -0.670. The third kappa shape index (κ3) is 4.45. The van der Waals surface area contributed by atoms with Gasteiger partial charge in [-0.1, -0.05) is 18.0 Å². The second-order valence-electron chi connectivity index (χ2n) is 5.63. The van der Waals surface area contributed by atoms with Gasteiger partial charge in [-0.25, -0.2) is 8.42 Å². The molecule has 6 nitrogen and oxygen atoms in total. The molecule has 1 saturated heterocycles. The second-order valence-corrected chi connectivity index (χ2v) is 9.40. The van der Waals surface area contributed by atoms with E-state index >= 15 is 0 Å². The smallest absolute Gasteiger partial charge is 0.252 e. The van der Waals surface area contributed by atoms with Gasteiger partial charge in [0.05, 0.1) is 4.34 Å². The number of aryl methyl sites for hydroxylation is 1. The Bertz CT molecular complexity index is 641. The number of piperidine rings is 1. The number of nitrogens with two attached hydrogens (primary N) is 1. The molecule has 1 aromatic rings. The van der Waals surface area contributed by atoms with Gasteiger partial charge < -0.3 is 11.1 Å². The fourth-order valence-electron chi connectivity index (χ4n) is 2.62. The Kier molecular flexibility index (Phi) is 6.44. The van der Waals surface area contributed by atoms with Gasteiger partial charge in [-0.05, 0) is 31.4 Å². The molecule has 1 atom stereocenters. The maximum Gasteiger partial charge on any atom is 0.252 e. The average Bonchev–Trinajstić information content (AvgIpc) is 2.86. The van der Waals surface area contributed by atoms with Crippen LogP contribution in [0.1, 0.15) is 31.2 Å². The number of thiophene rings is 1. The summed E-state index contributed by atoms with van der Waals surface area (Å²) in [5.74, 6) is -0.148.